The summed E-state index contributed by atoms with van der Waals surface area (Å²) in [6.07, 6.45) is 0. The molecule has 4 heterocycles. The molecule has 6 heteroatoms. The van der Waals surface area contributed by atoms with Crippen molar-refractivity contribution in [1.29, 1.82) is 0 Å². The minimum Gasteiger partial charge on any atom is -0.454 e. The number of para-hydroxylation sites is 3. The lowest BCUT2D eigenvalue weighted by Crippen LogP contribution is -2.07. The fourth-order valence-corrected chi connectivity index (χ4v) is 9.37. The van der Waals surface area contributed by atoms with E-state index in [2.05, 4.69) is 167 Å². The quantitative estimate of drug-likeness (QED) is 0.175. The van der Waals surface area contributed by atoms with Crippen LogP contribution in [-0.2, 0) is 0 Å². The summed E-state index contributed by atoms with van der Waals surface area (Å²) < 4.78 is 11.6. The van der Waals surface area contributed by atoms with Crippen molar-refractivity contribution in [3.8, 4) is 45.5 Å². The molecule has 61 heavy (non-hydrogen) atoms. The summed E-state index contributed by atoms with van der Waals surface area (Å²) in [5.74, 6) is 1.76. The van der Waals surface area contributed by atoms with E-state index in [4.69, 9.17) is 19.4 Å². The number of aromatic nitrogens is 5. The van der Waals surface area contributed by atoms with Gasteiger partial charge in [-0.25, -0.2) is 4.98 Å². The van der Waals surface area contributed by atoms with Crippen molar-refractivity contribution in [2.24, 2.45) is 0 Å². The number of hydrogen-bond donors (Lipinski definition) is 0. The average molecular weight is 780 g/mol. The Morgan fingerprint density at radius 3 is 1.59 bits per heavy atom. The second-order valence-electron chi connectivity index (χ2n) is 15.6. The molecule has 0 saturated heterocycles. The number of benzene rings is 9. The number of furan rings is 1. The standard InChI is InChI=1S/C55H33N5O/c1-3-16-35(17-4-1)53-56-54(36-18-5-2-6-19-36)58-55(57-53)60-47-25-13-10-22-41(47)44-30-29-43-40-21-9-12-24-46(40)59(50(43)51(44)60)48-33-39(38-28-27-34-15-7-8-20-37(34)31-38)32-45-42-23-11-14-26-49(42)61-52(45)48/h1-33H. The maximum Gasteiger partial charge on any atom is 0.238 e. The van der Waals surface area contributed by atoms with Gasteiger partial charge in [-0.2, -0.15) is 9.97 Å². The largest absolute Gasteiger partial charge is 0.454 e. The monoisotopic (exact) mass is 779 g/mol. The van der Waals surface area contributed by atoms with Crippen LogP contribution in [0.3, 0.4) is 0 Å². The fourth-order valence-electron chi connectivity index (χ4n) is 9.37. The third-order valence-corrected chi connectivity index (χ3v) is 12.1. The highest BCUT2D eigenvalue weighted by Gasteiger charge is 2.25. The molecule has 9 aromatic carbocycles. The molecule has 0 fully saturated rings. The predicted molar refractivity (Wildman–Crippen MR) is 250 cm³/mol. The smallest absolute Gasteiger partial charge is 0.238 e. The Hall–Kier alpha value is -8.35. The molecule has 13 aromatic rings. The van der Waals surface area contributed by atoms with Crippen LogP contribution in [0.2, 0.25) is 0 Å². The summed E-state index contributed by atoms with van der Waals surface area (Å²) >= 11 is 0. The Morgan fingerprint density at radius 1 is 0.344 bits per heavy atom. The summed E-state index contributed by atoms with van der Waals surface area (Å²) in [4.78, 5) is 15.7. The van der Waals surface area contributed by atoms with Gasteiger partial charge in [-0.1, -0.05) is 164 Å². The van der Waals surface area contributed by atoms with E-state index < -0.39 is 0 Å². The van der Waals surface area contributed by atoms with E-state index in [1.165, 1.54) is 10.8 Å². The lowest BCUT2D eigenvalue weighted by molar-refractivity contribution is 0.666. The van der Waals surface area contributed by atoms with Crippen molar-refractivity contribution in [2.45, 2.75) is 0 Å². The molecule has 0 saturated carbocycles. The summed E-state index contributed by atoms with van der Waals surface area (Å²) in [5, 5.41) is 9.02. The molecule has 0 aliphatic rings. The van der Waals surface area contributed by atoms with E-state index in [0.717, 1.165) is 93.5 Å². The van der Waals surface area contributed by atoms with Gasteiger partial charge in [-0.05, 0) is 58.3 Å². The molecule has 0 bridgehead atoms. The van der Waals surface area contributed by atoms with Crippen molar-refractivity contribution in [2.75, 3.05) is 0 Å². The Morgan fingerprint density at radius 2 is 0.902 bits per heavy atom. The van der Waals surface area contributed by atoms with Crippen LogP contribution < -0.4 is 0 Å². The zero-order valence-electron chi connectivity index (χ0n) is 32.7. The zero-order chi connectivity index (χ0) is 40.0. The van der Waals surface area contributed by atoms with Gasteiger partial charge in [-0.3, -0.25) is 4.57 Å². The lowest BCUT2D eigenvalue weighted by Gasteiger charge is -2.15. The van der Waals surface area contributed by atoms with E-state index in [1.807, 2.05) is 42.5 Å². The van der Waals surface area contributed by atoms with Crippen LogP contribution in [0.15, 0.2) is 205 Å². The molecule has 284 valence electrons. The highest BCUT2D eigenvalue weighted by atomic mass is 16.3. The summed E-state index contributed by atoms with van der Waals surface area (Å²) in [7, 11) is 0. The van der Waals surface area contributed by atoms with Gasteiger partial charge in [0.1, 0.15) is 5.58 Å². The summed E-state index contributed by atoms with van der Waals surface area (Å²) in [6, 6.07) is 70.3. The van der Waals surface area contributed by atoms with Crippen LogP contribution in [0.1, 0.15) is 0 Å². The van der Waals surface area contributed by atoms with Crippen LogP contribution in [0, 0.1) is 0 Å². The van der Waals surface area contributed by atoms with E-state index >= 15 is 0 Å². The molecule has 0 amide bonds. The highest BCUT2D eigenvalue weighted by Crippen LogP contribution is 2.45. The van der Waals surface area contributed by atoms with Gasteiger partial charge < -0.3 is 8.98 Å². The maximum absolute atomic E-state index is 6.92. The van der Waals surface area contributed by atoms with Crippen LogP contribution in [-0.4, -0.2) is 24.1 Å². The van der Waals surface area contributed by atoms with Gasteiger partial charge in [0.2, 0.25) is 5.95 Å². The van der Waals surface area contributed by atoms with Gasteiger partial charge >= 0.3 is 0 Å². The molecular formula is C55H33N5O. The van der Waals surface area contributed by atoms with Crippen LogP contribution >= 0.6 is 0 Å². The first-order valence-corrected chi connectivity index (χ1v) is 20.5. The first-order chi connectivity index (χ1) is 30.2. The molecule has 0 unspecified atom stereocenters. The van der Waals surface area contributed by atoms with Gasteiger partial charge in [0.05, 0.1) is 27.8 Å². The first-order valence-electron chi connectivity index (χ1n) is 20.5. The lowest BCUT2D eigenvalue weighted by atomic mass is 9.98. The third kappa shape index (κ3) is 5.12. The Bertz CT molecular complexity index is 3820. The Balaban J connectivity index is 1.20. The third-order valence-electron chi connectivity index (χ3n) is 12.1. The van der Waals surface area contributed by atoms with Crippen molar-refractivity contribution in [3.63, 3.8) is 0 Å². The molecule has 4 aromatic heterocycles. The van der Waals surface area contributed by atoms with Crippen molar-refractivity contribution in [1.82, 2.24) is 24.1 Å². The van der Waals surface area contributed by atoms with E-state index in [0.29, 0.717) is 17.6 Å². The SMILES string of the molecule is c1ccc(-c2nc(-c3ccccc3)nc(-n3c4ccccc4c4ccc5c6ccccc6n(-c6cc(-c7ccc8ccccc8c7)cc7c6oc6ccccc67)c5c43)n2)cc1. The Kier molecular flexibility index (Phi) is 7.21. The highest BCUT2D eigenvalue weighted by molar-refractivity contribution is 6.24. The zero-order valence-corrected chi connectivity index (χ0v) is 32.7. The second-order valence-corrected chi connectivity index (χ2v) is 15.6. The van der Waals surface area contributed by atoms with Crippen LogP contribution in [0.5, 0.6) is 0 Å². The number of nitrogens with zero attached hydrogens (tertiary/aromatic N) is 5. The Labute approximate surface area is 349 Å². The van der Waals surface area contributed by atoms with E-state index in [-0.39, 0.29) is 0 Å². The molecule has 0 N–H and O–H groups in total. The molecular weight excluding hydrogens is 747 g/mol. The molecule has 0 atom stereocenters. The van der Waals surface area contributed by atoms with Gasteiger partial charge in [-0.15, -0.1) is 0 Å². The molecule has 0 aliphatic carbocycles. The normalized spacial score (nSPS) is 11.9. The van der Waals surface area contributed by atoms with Crippen molar-refractivity contribution < 1.29 is 4.42 Å². The summed E-state index contributed by atoms with van der Waals surface area (Å²) in [5.41, 5.74) is 10.8. The maximum atomic E-state index is 6.92. The average Bonchev–Trinajstić information content (AvgIpc) is 3.99. The topological polar surface area (TPSA) is 61.7 Å². The number of rotatable bonds is 5. The van der Waals surface area contributed by atoms with Gasteiger partial charge in [0.25, 0.3) is 0 Å². The van der Waals surface area contributed by atoms with Gasteiger partial charge in [0, 0.05) is 43.4 Å². The second kappa shape index (κ2) is 13.1. The molecule has 0 spiro atoms. The molecule has 0 aliphatic heterocycles. The number of fused-ring (bicyclic) bond motifs is 11. The van der Waals surface area contributed by atoms with Crippen LogP contribution in [0.4, 0.5) is 0 Å². The number of hydrogen-bond acceptors (Lipinski definition) is 4. The van der Waals surface area contributed by atoms with Gasteiger partial charge in [0.15, 0.2) is 17.2 Å². The van der Waals surface area contributed by atoms with Crippen molar-refractivity contribution >= 4 is 76.3 Å². The molecule has 0 radical (unpaired) electrons. The fraction of sp³-hybridized carbons (Fsp3) is 0. The van der Waals surface area contributed by atoms with Crippen molar-refractivity contribution in [3.05, 3.63) is 200 Å². The minimum absolute atomic E-state index is 0.544. The molecule has 13 rings (SSSR count). The molecule has 6 nitrogen and oxygen atoms in total. The first kappa shape index (κ1) is 33.6. The van der Waals surface area contributed by atoms with Crippen LogP contribution in [0.25, 0.3) is 122 Å². The predicted octanol–water partition coefficient (Wildman–Crippen LogP) is 14.1. The van der Waals surface area contributed by atoms with E-state index in [9.17, 15) is 0 Å². The van der Waals surface area contributed by atoms with E-state index in [1.54, 1.807) is 0 Å². The minimum atomic E-state index is 0.544. The summed E-state index contributed by atoms with van der Waals surface area (Å²) in [6.45, 7) is 0.